The molecule has 4 heteroatoms. The zero-order valence-corrected chi connectivity index (χ0v) is 8.66. The van der Waals surface area contributed by atoms with Gasteiger partial charge in [0.15, 0.2) is 0 Å². The number of rotatable bonds is 3. The van der Waals surface area contributed by atoms with E-state index in [1.54, 1.807) is 0 Å². The van der Waals surface area contributed by atoms with Gasteiger partial charge in [0.25, 0.3) is 0 Å². The predicted molar refractivity (Wildman–Crippen MR) is 54.8 cm³/mol. The molecule has 0 saturated heterocycles. The minimum Gasteiger partial charge on any atom is -0.327 e. The van der Waals surface area contributed by atoms with Crippen molar-refractivity contribution in [3.8, 4) is 0 Å². The van der Waals surface area contributed by atoms with Gasteiger partial charge in [0, 0.05) is 18.9 Å². The molecule has 0 amide bonds. The van der Waals surface area contributed by atoms with Crippen LogP contribution in [0.5, 0.6) is 0 Å². The lowest BCUT2D eigenvalue weighted by Gasteiger charge is -2.12. The summed E-state index contributed by atoms with van der Waals surface area (Å²) in [5, 5.41) is 7.11. The number of hydrogen-bond donors (Lipinski definition) is 2. The van der Waals surface area contributed by atoms with Crippen molar-refractivity contribution in [3.63, 3.8) is 0 Å². The highest BCUT2D eigenvalue weighted by molar-refractivity contribution is 4.94. The third-order valence-electron chi connectivity index (χ3n) is 3.07. The summed E-state index contributed by atoms with van der Waals surface area (Å²) in [7, 11) is 0. The van der Waals surface area contributed by atoms with E-state index in [-0.39, 0.29) is 0 Å². The predicted octanol–water partition coefficient (Wildman–Crippen LogP) is 1.04. The molecule has 0 bridgehead atoms. The van der Waals surface area contributed by atoms with E-state index in [0.29, 0.717) is 12.0 Å². The van der Waals surface area contributed by atoms with Crippen LogP contribution in [0.1, 0.15) is 37.8 Å². The van der Waals surface area contributed by atoms with Gasteiger partial charge in [0.05, 0.1) is 0 Å². The average Bonchev–Trinajstić information content (AvgIpc) is 2.77. The zero-order chi connectivity index (χ0) is 9.97. The standard InChI is InChI=1S/C10H18N4/c1-2-9-12-10(14-13-9)6-7-4-3-5-8(7)11/h7-8H,2-6,11H2,1H3,(H,12,13,14)/t7-,8+/m0/s1. The summed E-state index contributed by atoms with van der Waals surface area (Å²) < 4.78 is 0. The number of aromatic nitrogens is 3. The molecule has 78 valence electrons. The zero-order valence-electron chi connectivity index (χ0n) is 8.66. The summed E-state index contributed by atoms with van der Waals surface area (Å²) in [6.07, 6.45) is 5.53. The Hall–Kier alpha value is -0.900. The fraction of sp³-hybridized carbons (Fsp3) is 0.800. The molecular formula is C10H18N4. The van der Waals surface area contributed by atoms with Gasteiger partial charge in [0.2, 0.25) is 0 Å². The van der Waals surface area contributed by atoms with Gasteiger partial charge in [-0.1, -0.05) is 13.3 Å². The van der Waals surface area contributed by atoms with Crippen LogP contribution in [-0.2, 0) is 12.8 Å². The van der Waals surface area contributed by atoms with Crippen molar-refractivity contribution in [3.05, 3.63) is 11.6 Å². The van der Waals surface area contributed by atoms with Crippen LogP contribution in [0.15, 0.2) is 0 Å². The second kappa shape index (κ2) is 4.09. The Balaban J connectivity index is 1.96. The molecule has 1 saturated carbocycles. The maximum absolute atomic E-state index is 6.00. The van der Waals surface area contributed by atoms with Crippen LogP contribution in [0, 0.1) is 5.92 Å². The molecule has 2 atom stereocenters. The summed E-state index contributed by atoms with van der Waals surface area (Å²) in [5.74, 6) is 2.52. The SMILES string of the molecule is CCc1n[nH]c(C[C@@H]2CCC[C@H]2N)n1. The van der Waals surface area contributed by atoms with Gasteiger partial charge in [-0.2, -0.15) is 5.10 Å². The first-order valence-corrected chi connectivity index (χ1v) is 5.45. The van der Waals surface area contributed by atoms with Crippen LogP contribution < -0.4 is 5.73 Å². The smallest absolute Gasteiger partial charge is 0.150 e. The highest BCUT2D eigenvalue weighted by atomic mass is 15.2. The monoisotopic (exact) mass is 194 g/mol. The minimum absolute atomic E-state index is 0.366. The van der Waals surface area contributed by atoms with Gasteiger partial charge < -0.3 is 5.73 Å². The fourth-order valence-corrected chi connectivity index (χ4v) is 2.15. The van der Waals surface area contributed by atoms with Gasteiger partial charge >= 0.3 is 0 Å². The normalized spacial score (nSPS) is 27.0. The van der Waals surface area contributed by atoms with E-state index in [1.807, 2.05) is 0 Å². The van der Waals surface area contributed by atoms with E-state index >= 15 is 0 Å². The summed E-state index contributed by atoms with van der Waals surface area (Å²) in [4.78, 5) is 4.40. The summed E-state index contributed by atoms with van der Waals surface area (Å²) in [5.41, 5.74) is 6.00. The number of nitrogens with zero attached hydrogens (tertiary/aromatic N) is 2. The minimum atomic E-state index is 0.366. The number of H-pyrrole nitrogens is 1. The Labute approximate surface area is 84.3 Å². The van der Waals surface area contributed by atoms with Gasteiger partial charge in [-0.15, -0.1) is 0 Å². The number of nitrogens with one attached hydrogen (secondary N) is 1. The van der Waals surface area contributed by atoms with Crippen LogP contribution in [0.4, 0.5) is 0 Å². The van der Waals surface area contributed by atoms with Crippen LogP contribution in [0.25, 0.3) is 0 Å². The first-order chi connectivity index (χ1) is 6.79. The molecule has 4 nitrogen and oxygen atoms in total. The number of hydrogen-bond acceptors (Lipinski definition) is 3. The van der Waals surface area contributed by atoms with Gasteiger partial charge in [-0.05, 0) is 18.8 Å². The first-order valence-electron chi connectivity index (χ1n) is 5.45. The van der Waals surface area contributed by atoms with E-state index in [4.69, 9.17) is 5.73 Å². The molecule has 14 heavy (non-hydrogen) atoms. The van der Waals surface area contributed by atoms with Crippen LogP contribution in [0.2, 0.25) is 0 Å². The second-order valence-corrected chi connectivity index (χ2v) is 4.11. The maximum Gasteiger partial charge on any atom is 0.150 e. The Morgan fingerprint density at radius 3 is 2.93 bits per heavy atom. The molecule has 1 aromatic heterocycles. The number of aromatic amines is 1. The molecule has 0 aliphatic heterocycles. The maximum atomic E-state index is 6.00. The van der Waals surface area contributed by atoms with E-state index < -0.39 is 0 Å². The molecule has 0 aromatic carbocycles. The van der Waals surface area contributed by atoms with Crippen molar-refractivity contribution in [2.75, 3.05) is 0 Å². The van der Waals surface area contributed by atoms with Crippen molar-refractivity contribution in [2.24, 2.45) is 11.7 Å². The van der Waals surface area contributed by atoms with Crippen molar-refractivity contribution in [1.29, 1.82) is 0 Å². The summed E-state index contributed by atoms with van der Waals surface area (Å²) in [6, 6.07) is 0.366. The average molecular weight is 194 g/mol. The van der Waals surface area contributed by atoms with Crippen LogP contribution >= 0.6 is 0 Å². The summed E-state index contributed by atoms with van der Waals surface area (Å²) >= 11 is 0. The topological polar surface area (TPSA) is 67.6 Å². The Kier molecular flexibility index (Phi) is 2.82. The quantitative estimate of drug-likeness (QED) is 0.755. The Morgan fingerprint density at radius 1 is 1.50 bits per heavy atom. The molecule has 0 unspecified atom stereocenters. The molecular weight excluding hydrogens is 176 g/mol. The molecule has 1 heterocycles. The van der Waals surface area contributed by atoms with Crippen molar-refractivity contribution >= 4 is 0 Å². The molecule has 0 spiro atoms. The third kappa shape index (κ3) is 1.95. The molecule has 1 aliphatic carbocycles. The van der Waals surface area contributed by atoms with E-state index in [9.17, 15) is 0 Å². The Bertz CT molecular complexity index is 294. The molecule has 2 rings (SSSR count). The highest BCUT2D eigenvalue weighted by Crippen LogP contribution is 2.26. The van der Waals surface area contributed by atoms with E-state index in [1.165, 1.54) is 19.3 Å². The molecule has 1 aromatic rings. The van der Waals surface area contributed by atoms with E-state index in [0.717, 1.165) is 24.5 Å². The van der Waals surface area contributed by atoms with Gasteiger partial charge in [-0.3, -0.25) is 5.10 Å². The van der Waals surface area contributed by atoms with Crippen LogP contribution in [0.3, 0.4) is 0 Å². The van der Waals surface area contributed by atoms with Crippen molar-refractivity contribution in [1.82, 2.24) is 15.2 Å². The van der Waals surface area contributed by atoms with Crippen molar-refractivity contribution < 1.29 is 0 Å². The largest absolute Gasteiger partial charge is 0.327 e. The van der Waals surface area contributed by atoms with Gasteiger partial charge in [0.1, 0.15) is 11.6 Å². The fourth-order valence-electron chi connectivity index (χ4n) is 2.15. The molecule has 1 aliphatic rings. The number of aryl methyl sites for hydroxylation is 1. The van der Waals surface area contributed by atoms with Crippen LogP contribution in [-0.4, -0.2) is 21.2 Å². The first kappa shape index (κ1) is 9.65. The second-order valence-electron chi connectivity index (χ2n) is 4.11. The third-order valence-corrected chi connectivity index (χ3v) is 3.07. The molecule has 0 radical (unpaired) electrons. The van der Waals surface area contributed by atoms with Crippen molar-refractivity contribution in [2.45, 2.75) is 45.1 Å². The van der Waals surface area contributed by atoms with Gasteiger partial charge in [-0.25, -0.2) is 4.98 Å². The summed E-state index contributed by atoms with van der Waals surface area (Å²) in [6.45, 7) is 2.06. The highest BCUT2D eigenvalue weighted by Gasteiger charge is 2.24. The lowest BCUT2D eigenvalue weighted by Crippen LogP contribution is -2.26. The number of nitrogens with two attached hydrogens (primary N) is 1. The molecule has 3 N–H and O–H groups in total. The lowest BCUT2D eigenvalue weighted by atomic mass is 10.0. The Morgan fingerprint density at radius 2 is 2.36 bits per heavy atom. The molecule has 1 fully saturated rings. The van der Waals surface area contributed by atoms with E-state index in [2.05, 4.69) is 22.1 Å². The lowest BCUT2D eigenvalue weighted by molar-refractivity contribution is 0.468.